The monoisotopic (exact) mass is 926 g/mol. The number of amides is 1. The van der Waals surface area contributed by atoms with Gasteiger partial charge in [0.05, 0.1) is 25.2 Å². The Morgan fingerprint density at radius 1 is 0.455 bits per heavy atom. The highest BCUT2D eigenvalue weighted by Gasteiger charge is 2.24. The Bertz CT molecular complexity index is 1130. The molecule has 6 nitrogen and oxygen atoms in total. The molecule has 0 radical (unpaired) electrons. The van der Waals surface area contributed by atoms with Crippen LogP contribution in [0.3, 0.4) is 0 Å². The number of carbonyl (C=O) groups is 2. The Kier molecular flexibility index (Phi) is 52.0. The van der Waals surface area contributed by atoms with Gasteiger partial charge < -0.3 is 20.3 Å². The molecule has 0 aliphatic heterocycles. The fourth-order valence-electron chi connectivity index (χ4n) is 8.91. The number of unbranched alkanes of at least 4 members (excludes halogenated alkanes) is 35. The van der Waals surface area contributed by atoms with Crippen molar-refractivity contribution in [1.29, 1.82) is 0 Å². The van der Waals surface area contributed by atoms with Gasteiger partial charge in [0, 0.05) is 6.42 Å². The Hall–Kier alpha value is -2.18. The maximum Gasteiger partial charge on any atom is 0.306 e. The van der Waals surface area contributed by atoms with Crippen LogP contribution in [0.25, 0.3) is 0 Å². The van der Waals surface area contributed by atoms with E-state index in [9.17, 15) is 19.8 Å². The van der Waals surface area contributed by atoms with Gasteiger partial charge in [-0.05, 0) is 44.9 Å². The third-order valence-electron chi connectivity index (χ3n) is 13.3. The SMILES string of the molecule is CC/C=C/C=C/C=C/C=C\CCCCCCCC(=O)OC(CCCCCCCCCCCCCCCCC)CC(=O)NC(CO)C(O)CCCCCCCCCCCCCCCCCCC. The summed E-state index contributed by atoms with van der Waals surface area (Å²) in [6.45, 7) is 6.38. The van der Waals surface area contributed by atoms with Crippen molar-refractivity contribution in [3.8, 4) is 0 Å². The molecular formula is C60H111NO5. The maximum absolute atomic E-state index is 13.3. The number of hydrogen-bond acceptors (Lipinski definition) is 5. The van der Waals surface area contributed by atoms with E-state index < -0.39 is 18.2 Å². The lowest BCUT2D eigenvalue weighted by atomic mass is 10.0. The molecule has 0 fully saturated rings. The van der Waals surface area contributed by atoms with Crippen LogP contribution in [0.15, 0.2) is 48.6 Å². The summed E-state index contributed by atoms with van der Waals surface area (Å²) in [5.74, 6) is -0.486. The fraction of sp³-hybridized carbons (Fsp3) is 0.833. The Balaban J connectivity index is 4.54. The summed E-state index contributed by atoms with van der Waals surface area (Å²) in [5, 5.41) is 23.9. The number of rotatable bonds is 52. The third-order valence-corrected chi connectivity index (χ3v) is 13.3. The molecule has 0 aromatic carbocycles. The molecule has 0 bridgehead atoms. The smallest absolute Gasteiger partial charge is 0.306 e. The van der Waals surface area contributed by atoms with E-state index in [2.05, 4.69) is 56.5 Å². The number of ether oxygens (including phenoxy) is 1. The summed E-state index contributed by atoms with van der Waals surface area (Å²) >= 11 is 0. The fourth-order valence-corrected chi connectivity index (χ4v) is 8.91. The number of aliphatic hydroxyl groups excluding tert-OH is 2. The lowest BCUT2D eigenvalue weighted by Gasteiger charge is -2.24. The van der Waals surface area contributed by atoms with Crippen molar-refractivity contribution in [2.24, 2.45) is 0 Å². The van der Waals surface area contributed by atoms with Gasteiger partial charge in [-0.15, -0.1) is 0 Å². The molecule has 0 spiro atoms. The van der Waals surface area contributed by atoms with Crippen LogP contribution in [0.4, 0.5) is 0 Å². The largest absolute Gasteiger partial charge is 0.462 e. The number of esters is 1. The molecule has 0 aromatic rings. The Morgan fingerprint density at radius 3 is 1.24 bits per heavy atom. The Labute approximate surface area is 410 Å². The number of allylic oxidation sites excluding steroid dienone is 8. The summed E-state index contributed by atoms with van der Waals surface area (Å²) in [6.07, 6.45) is 66.0. The second kappa shape index (κ2) is 53.8. The molecule has 66 heavy (non-hydrogen) atoms. The van der Waals surface area contributed by atoms with Gasteiger partial charge in [-0.25, -0.2) is 0 Å². The van der Waals surface area contributed by atoms with Crippen molar-refractivity contribution in [1.82, 2.24) is 5.32 Å². The van der Waals surface area contributed by atoms with Gasteiger partial charge in [0.1, 0.15) is 6.10 Å². The van der Waals surface area contributed by atoms with Crippen LogP contribution in [-0.4, -0.2) is 46.9 Å². The van der Waals surface area contributed by atoms with Gasteiger partial charge in [-0.1, -0.05) is 288 Å². The van der Waals surface area contributed by atoms with E-state index in [1.54, 1.807) is 0 Å². The second-order valence-corrected chi connectivity index (χ2v) is 19.8. The summed E-state index contributed by atoms with van der Waals surface area (Å²) in [6, 6.07) is -0.706. The topological polar surface area (TPSA) is 95.9 Å². The molecule has 0 aromatic heterocycles. The van der Waals surface area contributed by atoms with Crippen LogP contribution in [0, 0.1) is 0 Å². The van der Waals surface area contributed by atoms with Gasteiger partial charge in [0.2, 0.25) is 5.91 Å². The third kappa shape index (κ3) is 48.3. The molecule has 6 heteroatoms. The van der Waals surface area contributed by atoms with E-state index in [1.165, 1.54) is 180 Å². The van der Waals surface area contributed by atoms with Crippen LogP contribution in [0.5, 0.6) is 0 Å². The summed E-state index contributed by atoms with van der Waals surface area (Å²) in [7, 11) is 0. The van der Waals surface area contributed by atoms with Gasteiger partial charge >= 0.3 is 5.97 Å². The van der Waals surface area contributed by atoms with E-state index >= 15 is 0 Å². The molecule has 0 saturated carbocycles. The number of hydrogen-bond donors (Lipinski definition) is 3. The van der Waals surface area contributed by atoms with E-state index in [4.69, 9.17) is 4.74 Å². The first-order valence-corrected chi connectivity index (χ1v) is 28.9. The highest BCUT2D eigenvalue weighted by Crippen LogP contribution is 2.19. The highest BCUT2D eigenvalue weighted by atomic mass is 16.5. The van der Waals surface area contributed by atoms with Crippen molar-refractivity contribution in [2.45, 2.75) is 315 Å². The zero-order valence-electron chi connectivity index (χ0n) is 44.1. The van der Waals surface area contributed by atoms with Gasteiger partial charge in [0.15, 0.2) is 0 Å². The minimum atomic E-state index is -0.792. The van der Waals surface area contributed by atoms with Crippen LogP contribution in [-0.2, 0) is 14.3 Å². The van der Waals surface area contributed by atoms with Crippen molar-refractivity contribution in [2.75, 3.05) is 6.61 Å². The van der Waals surface area contributed by atoms with Crippen LogP contribution in [0.1, 0.15) is 297 Å². The molecule has 3 N–H and O–H groups in total. The molecule has 3 unspecified atom stereocenters. The average molecular weight is 927 g/mol. The molecule has 0 rings (SSSR count). The van der Waals surface area contributed by atoms with Crippen molar-refractivity contribution in [3.05, 3.63) is 48.6 Å². The van der Waals surface area contributed by atoms with E-state index in [0.29, 0.717) is 19.3 Å². The Morgan fingerprint density at radius 2 is 0.818 bits per heavy atom. The summed E-state index contributed by atoms with van der Waals surface area (Å²) in [4.78, 5) is 26.3. The number of nitrogens with one attached hydrogen (secondary N) is 1. The van der Waals surface area contributed by atoms with Crippen LogP contribution in [0.2, 0.25) is 0 Å². The second-order valence-electron chi connectivity index (χ2n) is 19.8. The molecule has 3 atom stereocenters. The van der Waals surface area contributed by atoms with E-state index in [0.717, 1.165) is 70.6 Å². The standard InChI is InChI=1S/C60H111NO5/c1-4-7-10-13-16-19-22-25-28-29-32-34-37-40-43-46-49-52-58(63)57(55-62)61-59(64)54-56(51-48-45-42-39-36-33-30-26-23-20-17-14-11-8-5-2)66-60(65)53-50-47-44-41-38-35-31-27-24-21-18-15-12-9-6-3/h9,12,15,18,21,24,27,31,56-58,62-63H,4-8,10-11,13-14,16-17,19-20,22-23,25-26,28-30,32-55H2,1-3H3,(H,61,64)/b12-9+,18-15+,24-21+,31-27-. The molecule has 1 amide bonds. The molecule has 0 aliphatic rings. The molecular weight excluding hydrogens is 815 g/mol. The normalized spacial score (nSPS) is 13.5. The van der Waals surface area contributed by atoms with Gasteiger partial charge in [-0.3, -0.25) is 9.59 Å². The van der Waals surface area contributed by atoms with Crippen molar-refractivity contribution >= 4 is 11.9 Å². The molecule has 0 heterocycles. The van der Waals surface area contributed by atoms with Gasteiger partial charge in [0.25, 0.3) is 0 Å². The predicted molar refractivity (Wildman–Crippen MR) is 287 cm³/mol. The summed E-state index contributed by atoms with van der Waals surface area (Å²) < 4.78 is 5.95. The first-order valence-electron chi connectivity index (χ1n) is 28.9. The number of carbonyl (C=O) groups excluding carboxylic acids is 2. The molecule has 0 saturated heterocycles. The van der Waals surface area contributed by atoms with Gasteiger partial charge in [-0.2, -0.15) is 0 Å². The van der Waals surface area contributed by atoms with E-state index in [-0.39, 0.29) is 24.9 Å². The summed E-state index contributed by atoms with van der Waals surface area (Å²) in [5.41, 5.74) is 0. The minimum absolute atomic E-state index is 0.0710. The quantitative estimate of drug-likeness (QED) is 0.0321. The minimum Gasteiger partial charge on any atom is -0.462 e. The number of aliphatic hydroxyl groups is 2. The average Bonchev–Trinajstić information content (AvgIpc) is 3.31. The molecule has 0 aliphatic carbocycles. The van der Waals surface area contributed by atoms with Crippen molar-refractivity contribution in [3.63, 3.8) is 0 Å². The highest BCUT2D eigenvalue weighted by molar-refractivity contribution is 5.77. The maximum atomic E-state index is 13.3. The molecule has 386 valence electrons. The first kappa shape index (κ1) is 63.8. The van der Waals surface area contributed by atoms with Crippen LogP contribution >= 0.6 is 0 Å². The zero-order valence-corrected chi connectivity index (χ0v) is 44.1. The van der Waals surface area contributed by atoms with Crippen LogP contribution < -0.4 is 5.32 Å². The van der Waals surface area contributed by atoms with E-state index in [1.807, 2.05) is 18.2 Å². The zero-order chi connectivity index (χ0) is 48.1. The van der Waals surface area contributed by atoms with Crippen molar-refractivity contribution < 1.29 is 24.5 Å². The lowest BCUT2D eigenvalue weighted by Crippen LogP contribution is -2.46. The predicted octanol–water partition coefficient (Wildman–Crippen LogP) is 17.8. The first-order chi connectivity index (χ1) is 32.5. The lowest BCUT2D eigenvalue weighted by molar-refractivity contribution is -0.151.